The number of carbonyl (C=O) groups excluding carboxylic acids is 3. The van der Waals surface area contributed by atoms with E-state index in [0.29, 0.717) is 45.5 Å². The van der Waals surface area contributed by atoms with Gasteiger partial charge in [-0.3, -0.25) is 14.4 Å². The van der Waals surface area contributed by atoms with E-state index >= 15 is 0 Å². The molecule has 3 aliphatic heterocycles. The van der Waals surface area contributed by atoms with Gasteiger partial charge in [0.25, 0.3) is 0 Å². The van der Waals surface area contributed by atoms with Crippen molar-refractivity contribution in [3.8, 4) is 0 Å². The third kappa shape index (κ3) is 5.52. The van der Waals surface area contributed by atoms with Crippen molar-refractivity contribution in [2.75, 3.05) is 32.8 Å². The monoisotopic (exact) mass is 570 g/mol. The number of fused-ring (bicyclic) bond motifs is 1. The molecule has 0 aromatic carbocycles. The number of unbranched alkanes of at least 4 members (excludes halogenated alkanes) is 3. The fraction of sp³-hybridized carbons (Fsp3) is 0.731. The zero-order chi connectivity index (χ0) is 25.6. The van der Waals surface area contributed by atoms with Gasteiger partial charge in [-0.15, -0.1) is 24.9 Å². The number of likely N-dealkylation sites (tertiary alicyclic amines) is 1. The van der Waals surface area contributed by atoms with Crippen LogP contribution in [0.5, 0.6) is 0 Å². The lowest BCUT2D eigenvalue weighted by Gasteiger charge is -2.37. The van der Waals surface area contributed by atoms with E-state index in [-0.39, 0.29) is 34.5 Å². The molecule has 1 N–H and O–H groups in total. The summed E-state index contributed by atoms with van der Waals surface area (Å²) in [6, 6.07) is -0.665. The summed E-state index contributed by atoms with van der Waals surface area (Å²) >= 11 is 5.38. The molecule has 1 spiro atoms. The summed E-state index contributed by atoms with van der Waals surface area (Å²) in [6.45, 7) is 11.2. The lowest BCUT2D eigenvalue weighted by atomic mass is 9.71. The number of amides is 2. The van der Waals surface area contributed by atoms with Crippen LogP contribution in [0, 0.1) is 11.8 Å². The van der Waals surface area contributed by atoms with Gasteiger partial charge in [0.1, 0.15) is 6.04 Å². The second-order valence-corrected chi connectivity index (χ2v) is 12.4. The van der Waals surface area contributed by atoms with Crippen molar-refractivity contribution in [1.82, 2.24) is 9.80 Å². The molecule has 3 rings (SSSR count). The van der Waals surface area contributed by atoms with Crippen LogP contribution < -0.4 is 0 Å². The number of ether oxygens (including phenoxy) is 1. The van der Waals surface area contributed by atoms with Gasteiger partial charge < -0.3 is 19.6 Å². The second-order valence-electron chi connectivity index (χ2n) is 9.65. The fourth-order valence-electron chi connectivity index (χ4n) is 5.83. The van der Waals surface area contributed by atoms with E-state index in [0.717, 1.165) is 25.7 Å². The average molecular weight is 572 g/mol. The zero-order valence-electron chi connectivity index (χ0n) is 20.7. The maximum absolute atomic E-state index is 14.1. The molecule has 9 heteroatoms. The molecule has 3 fully saturated rings. The summed E-state index contributed by atoms with van der Waals surface area (Å²) in [5.74, 6) is -1.77. The number of alkyl halides is 1. The Labute approximate surface area is 221 Å². The molecule has 3 aliphatic rings. The first-order chi connectivity index (χ1) is 16.9. The third-order valence-corrected chi connectivity index (χ3v) is 10.6. The Kier molecular flexibility index (Phi) is 10.3. The second kappa shape index (κ2) is 12.8. The smallest absolute Gasteiger partial charge is 0.310 e. The van der Waals surface area contributed by atoms with E-state index in [9.17, 15) is 19.5 Å². The largest absolute Gasteiger partial charge is 0.465 e. The molecule has 0 saturated carbocycles. The van der Waals surface area contributed by atoms with Gasteiger partial charge >= 0.3 is 5.97 Å². The molecule has 2 bridgehead atoms. The molecule has 0 radical (unpaired) electrons. The predicted molar refractivity (Wildman–Crippen MR) is 142 cm³/mol. The first-order valence-electron chi connectivity index (χ1n) is 12.8. The summed E-state index contributed by atoms with van der Waals surface area (Å²) in [4.78, 5) is 44.6. The van der Waals surface area contributed by atoms with Gasteiger partial charge in [-0.05, 0) is 32.1 Å². The highest BCUT2D eigenvalue weighted by atomic mass is 79.9. The summed E-state index contributed by atoms with van der Waals surface area (Å²) in [5, 5.41) is 9.38. The van der Waals surface area contributed by atoms with Crippen molar-refractivity contribution in [3.05, 3.63) is 25.3 Å². The van der Waals surface area contributed by atoms with Gasteiger partial charge in [0, 0.05) is 36.3 Å². The first-order valence-corrected chi connectivity index (χ1v) is 14.6. The van der Waals surface area contributed by atoms with Gasteiger partial charge in [-0.2, -0.15) is 0 Å². The average Bonchev–Trinajstić information content (AvgIpc) is 3.43. The van der Waals surface area contributed by atoms with Crippen molar-refractivity contribution in [3.63, 3.8) is 0 Å². The van der Waals surface area contributed by atoms with E-state index in [2.05, 4.69) is 36.0 Å². The third-order valence-electron chi connectivity index (χ3n) is 7.34. The van der Waals surface area contributed by atoms with Crippen LogP contribution in [0.1, 0.15) is 51.9 Å². The SMILES string of the molecule is C=CCCCOC(=O)[C@H]1[C@@H]2SC3(CC2Br)C(C(=O)N(CC=C)CCCCC)N(CCCO)C(=O)[C@H]13. The molecule has 3 heterocycles. The molecule has 3 unspecified atom stereocenters. The number of thioether (sulfide) groups is 1. The lowest BCUT2D eigenvalue weighted by molar-refractivity contribution is -0.154. The van der Waals surface area contributed by atoms with Crippen LogP contribution in [0.2, 0.25) is 0 Å². The normalized spacial score (nSPS) is 30.9. The van der Waals surface area contributed by atoms with E-state index in [1.54, 1.807) is 28.8 Å². The molecular weight excluding hydrogens is 532 g/mol. The minimum atomic E-state index is -0.683. The molecular formula is C26H39BrN2O5S. The van der Waals surface area contributed by atoms with Crippen molar-refractivity contribution >= 4 is 45.5 Å². The fourth-order valence-corrected chi connectivity index (χ4v) is 9.42. The number of halogens is 1. The van der Waals surface area contributed by atoms with Crippen molar-refractivity contribution < 1.29 is 24.2 Å². The van der Waals surface area contributed by atoms with Crippen LogP contribution >= 0.6 is 27.7 Å². The molecule has 7 nitrogen and oxygen atoms in total. The zero-order valence-corrected chi connectivity index (χ0v) is 23.1. The van der Waals surface area contributed by atoms with Crippen LogP contribution in [0.4, 0.5) is 0 Å². The highest BCUT2D eigenvalue weighted by Gasteiger charge is 2.76. The number of hydrogen-bond donors (Lipinski definition) is 1. The Morgan fingerprint density at radius 2 is 2.06 bits per heavy atom. The van der Waals surface area contributed by atoms with Crippen LogP contribution in [-0.2, 0) is 19.1 Å². The quantitative estimate of drug-likeness (QED) is 0.140. The molecule has 0 aliphatic carbocycles. The standard InChI is InChI=1S/C26H39BrN2O5S/c1-4-7-9-13-28(12-6-3)24(32)22-26-17-18(27)21(35-26)19(25(33)34-16-10-8-5-2)20(26)23(31)29(22)14-11-15-30/h5-6,18-22,30H,2-4,7-17H2,1H3/t18?,19-,20+,21-,22?,26?/m1/s1. The number of hydrogen-bond acceptors (Lipinski definition) is 6. The van der Waals surface area contributed by atoms with Gasteiger partial charge in [-0.1, -0.05) is 47.8 Å². The molecule has 35 heavy (non-hydrogen) atoms. The Bertz CT molecular complexity index is 811. The molecule has 0 aromatic rings. The van der Waals surface area contributed by atoms with E-state index in [1.165, 1.54) is 0 Å². The Morgan fingerprint density at radius 1 is 1.29 bits per heavy atom. The van der Waals surface area contributed by atoms with Gasteiger partial charge in [0.05, 0.1) is 23.2 Å². The number of esters is 1. The minimum Gasteiger partial charge on any atom is -0.465 e. The Hall–Kier alpha value is -1.32. The number of aliphatic hydroxyl groups excluding tert-OH is 1. The lowest BCUT2D eigenvalue weighted by Crippen LogP contribution is -2.55. The molecule has 3 saturated heterocycles. The minimum absolute atomic E-state index is 0.0170. The Morgan fingerprint density at radius 3 is 2.71 bits per heavy atom. The van der Waals surface area contributed by atoms with Crippen molar-refractivity contribution in [2.45, 2.75) is 72.7 Å². The predicted octanol–water partition coefficient (Wildman–Crippen LogP) is 3.55. The van der Waals surface area contributed by atoms with Gasteiger partial charge in [0.2, 0.25) is 11.8 Å². The summed E-state index contributed by atoms with van der Waals surface area (Å²) in [5.41, 5.74) is 0. The number of aliphatic hydroxyl groups is 1. The maximum atomic E-state index is 14.1. The highest BCUT2D eigenvalue weighted by molar-refractivity contribution is 9.09. The number of allylic oxidation sites excluding steroid dienone is 1. The highest BCUT2D eigenvalue weighted by Crippen LogP contribution is 2.68. The summed E-state index contributed by atoms with van der Waals surface area (Å²) in [7, 11) is 0. The van der Waals surface area contributed by atoms with Crippen molar-refractivity contribution in [2.24, 2.45) is 11.8 Å². The summed E-state index contributed by atoms with van der Waals surface area (Å²) in [6.07, 6.45) is 8.95. The molecule has 0 aromatic heterocycles. The van der Waals surface area contributed by atoms with E-state index in [1.807, 2.05) is 4.90 Å². The molecule has 2 amide bonds. The van der Waals surface area contributed by atoms with E-state index in [4.69, 9.17) is 4.74 Å². The first kappa shape index (κ1) is 28.3. The molecule has 196 valence electrons. The van der Waals surface area contributed by atoms with Crippen LogP contribution in [0.25, 0.3) is 0 Å². The van der Waals surface area contributed by atoms with Crippen molar-refractivity contribution in [1.29, 1.82) is 0 Å². The topological polar surface area (TPSA) is 87.2 Å². The number of rotatable bonds is 15. The maximum Gasteiger partial charge on any atom is 0.310 e. The van der Waals surface area contributed by atoms with E-state index < -0.39 is 22.6 Å². The van der Waals surface area contributed by atoms with Gasteiger partial charge in [0.15, 0.2) is 0 Å². The van der Waals surface area contributed by atoms with Crippen LogP contribution in [0.15, 0.2) is 25.3 Å². The van der Waals surface area contributed by atoms with Crippen LogP contribution in [-0.4, -0.2) is 86.4 Å². The number of nitrogens with zero attached hydrogens (tertiary/aromatic N) is 2. The van der Waals surface area contributed by atoms with Gasteiger partial charge in [-0.25, -0.2) is 0 Å². The Balaban J connectivity index is 1.92. The molecule has 6 atom stereocenters. The summed E-state index contributed by atoms with van der Waals surface area (Å²) < 4.78 is 4.92. The van der Waals surface area contributed by atoms with Crippen LogP contribution in [0.3, 0.4) is 0 Å². The number of carbonyl (C=O) groups is 3.